The van der Waals surface area contributed by atoms with Crippen molar-refractivity contribution >= 4 is 29.5 Å². The number of nitrogens with one attached hydrogen (secondary N) is 1. The van der Waals surface area contributed by atoms with E-state index >= 15 is 0 Å². The van der Waals surface area contributed by atoms with Crippen LogP contribution in [0.15, 0.2) is 18.2 Å². The number of ether oxygens (including phenoxy) is 1. The monoisotopic (exact) mass is 334 g/mol. The second-order valence-electron chi connectivity index (χ2n) is 5.83. The van der Waals surface area contributed by atoms with Gasteiger partial charge in [-0.2, -0.15) is 11.8 Å². The summed E-state index contributed by atoms with van der Waals surface area (Å²) in [6, 6.07) is 4.77. The van der Waals surface area contributed by atoms with E-state index < -0.39 is 11.6 Å². The summed E-state index contributed by atoms with van der Waals surface area (Å²) >= 11 is 1.63. The fourth-order valence-corrected chi connectivity index (χ4v) is 4.25. The van der Waals surface area contributed by atoms with Gasteiger partial charge in [-0.25, -0.2) is 4.79 Å². The minimum atomic E-state index is -0.821. The van der Waals surface area contributed by atoms with Crippen LogP contribution < -0.4 is 10.1 Å². The number of urea groups is 1. The maximum Gasteiger partial charge on any atom is 0.325 e. The Balaban J connectivity index is 1.82. The zero-order valence-electron chi connectivity index (χ0n) is 13.0. The number of methoxy groups -OCH3 is 1. The van der Waals surface area contributed by atoms with E-state index in [0.29, 0.717) is 23.5 Å². The third-order valence-electron chi connectivity index (χ3n) is 4.22. The molecule has 3 amide bonds. The van der Waals surface area contributed by atoms with Crippen molar-refractivity contribution in [2.24, 2.45) is 0 Å². The molecule has 2 heterocycles. The predicted octanol–water partition coefficient (Wildman–Crippen LogP) is 1.61. The molecule has 1 aromatic rings. The lowest BCUT2D eigenvalue weighted by atomic mass is 9.99. The number of benzene rings is 1. The Kier molecular flexibility index (Phi) is 4.06. The largest absolute Gasteiger partial charge is 0.496 e. The highest BCUT2D eigenvalue weighted by atomic mass is 32.2. The molecule has 0 saturated carbocycles. The van der Waals surface area contributed by atoms with Crippen molar-refractivity contribution < 1.29 is 19.1 Å². The van der Waals surface area contributed by atoms with E-state index in [4.69, 9.17) is 4.74 Å². The number of thioether (sulfide) groups is 1. The molecule has 7 heteroatoms. The van der Waals surface area contributed by atoms with Crippen molar-refractivity contribution in [2.45, 2.75) is 18.9 Å². The summed E-state index contributed by atoms with van der Waals surface area (Å²) in [5, 5.41) is 2.76. The van der Waals surface area contributed by atoms with Crippen LogP contribution in [0.3, 0.4) is 0 Å². The van der Waals surface area contributed by atoms with Gasteiger partial charge in [-0.1, -0.05) is 11.6 Å². The molecular weight excluding hydrogens is 316 g/mol. The highest BCUT2D eigenvalue weighted by molar-refractivity contribution is 7.99. The number of hydrogen-bond donors (Lipinski definition) is 1. The van der Waals surface area contributed by atoms with Crippen LogP contribution in [-0.4, -0.2) is 53.3 Å². The molecule has 2 fully saturated rings. The van der Waals surface area contributed by atoms with Crippen LogP contribution in [0.2, 0.25) is 0 Å². The minimum Gasteiger partial charge on any atom is -0.496 e. The third-order valence-corrected chi connectivity index (χ3v) is 5.41. The van der Waals surface area contributed by atoms with E-state index in [1.807, 2.05) is 13.0 Å². The van der Waals surface area contributed by atoms with Crippen molar-refractivity contribution in [2.75, 3.05) is 25.2 Å². The maximum absolute atomic E-state index is 12.6. The first-order valence-corrected chi connectivity index (χ1v) is 8.52. The van der Waals surface area contributed by atoms with Gasteiger partial charge in [-0.3, -0.25) is 14.5 Å². The number of ketones is 1. The summed E-state index contributed by atoms with van der Waals surface area (Å²) in [6.45, 7) is 1.60. The van der Waals surface area contributed by atoms with Crippen LogP contribution in [0.25, 0.3) is 0 Å². The van der Waals surface area contributed by atoms with Crippen LogP contribution >= 0.6 is 11.8 Å². The van der Waals surface area contributed by atoms with Gasteiger partial charge in [-0.15, -0.1) is 0 Å². The van der Waals surface area contributed by atoms with E-state index in [9.17, 15) is 14.4 Å². The molecule has 0 radical (unpaired) electrons. The normalized spacial score (nSPS) is 23.5. The summed E-state index contributed by atoms with van der Waals surface area (Å²) in [4.78, 5) is 38.3. The molecule has 122 valence electrons. The van der Waals surface area contributed by atoms with Crippen molar-refractivity contribution in [1.29, 1.82) is 0 Å². The molecule has 23 heavy (non-hydrogen) atoms. The van der Waals surface area contributed by atoms with Gasteiger partial charge < -0.3 is 10.1 Å². The average molecular weight is 334 g/mol. The first-order chi connectivity index (χ1) is 11.0. The van der Waals surface area contributed by atoms with Gasteiger partial charge >= 0.3 is 6.03 Å². The molecule has 0 aromatic heterocycles. The fourth-order valence-electron chi connectivity index (χ4n) is 2.92. The lowest BCUT2D eigenvalue weighted by Gasteiger charge is -2.19. The van der Waals surface area contributed by atoms with Crippen LogP contribution in [0.5, 0.6) is 5.75 Å². The molecule has 3 rings (SSSR count). The van der Waals surface area contributed by atoms with Crippen LogP contribution in [0.4, 0.5) is 4.79 Å². The average Bonchev–Trinajstić information content (AvgIpc) is 3.08. The molecule has 1 aromatic carbocycles. The molecule has 0 aliphatic carbocycles. The van der Waals surface area contributed by atoms with Gasteiger partial charge in [0.2, 0.25) is 0 Å². The number of carbonyl (C=O) groups excluding carboxylic acids is 3. The summed E-state index contributed by atoms with van der Waals surface area (Å²) in [6.07, 6.45) is 0.612. The third kappa shape index (κ3) is 2.69. The molecular formula is C16H18N2O4S. The van der Waals surface area contributed by atoms with Crippen LogP contribution in [-0.2, 0) is 4.79 Å². The standard InChI is InChI=1S/C16H18N2O4S/c1-10-3-4-13(22-2)11(7-10)12(19)8-18-14(20)16(17-15(18)21)5-6-23-9-16/h3-4,7H,5-6,8-9H2,1-2H3,(H,17,21). The van der Waals surface area contributed by atoms with Crippen molar-refractivity contribution in [3.8, 4) is 5.75 Å². The van der Waals surface area contributed by atoms with E-state index in [2.05, 4.69) is 5.32 Å². The molecule has 1 unspecified atom stereocenters. The van der Waals surface area contributed by atoms with E-state index in [0.717, 1.165) is 16.2 Å². The number of aryl methyl sites for hydroxylation is 1. The van der Waals surface area contributed by atoms with Crippen molar-refractivity contribution in [3.63, 3.8) is 0 Å². The quantitative estimate of drug-likeness (QED) is 0.669. The Morgan fingerprint density at radius 2 is 2.22 bits per heavy atom. The van der Waals surface area contributed by atoms with E-state index in [1.54, 1.807) is 23.9 Å². The van der Waals surface area contributed by atoms with Gasteiger partial charge in [0.05, 0.1) is 19.2 Å². The second kappa shape index (κ2) is 5.88. The van der Waals surface area contributed by atoms with Gasteiger partial charge in [0.15, 0.2) is 5.78 Å². The number of amides is 3. The number of carbonyl (C=O) groups is 3. The Bertz CT molecular complexity index is 683. The molecule has 1 spiro atoms. The lowest BCUT2D eigenvalue weighted by Crippen LogP contribution is -2.47. The fraction of sp³-hybridized carbons (Fsp3) is 0.438. The SMILES string of the molecule is COc1ccc(C)cc1C(=O)CN1C(=O)NC2(CCSC2)C1=O. The Morgan fingerprint density at radius 1 is 1.43 bits per heavy atom. The topological polar surface area (TPSA) is 75.7 Å². The molecule has 1 atom stereocenters. The minimum absolute atomic E-state index is 0.267. The van der Waals surface area contributed by atoms with Gasteiger partial charge in [0.1, 0.15) is 11.3 Å². The van der Waals surface area contributed by atoms with E-state index in [1.165, 1.54) is 7.11 Å². The first kappa shape index (κ1) is 15.9. The van der Waals surface area contributed by atoms with E-state index in [-0.39, 0.29) is 18.2 Å². The van der Waals surface area contributed by atoms with Crippen molar-refractivity contribution in [1.82, 2.24) is 10.2 Å². The number of hydrogen-bond acceptors (Lipinski definition) is 5. The summed E-state index contributed by atoms with van der Waals surface area (Å²) in [7, 11) is 1.49. The highest BCUT2D eigenvalue weighted by Gasteiger charge is 2.53. The van der Waals surface area contributed by atoms with Crippen molar-refractivity contribution in [3.05, 3.63) is 29.3 Å². The number of rotatable bonds is 4. The zero-order valence-corrected chi connectivity index (χ0v) is 13.9. The highest BCUT2D eigenvalue weighted by Crippen LogP contribution is 2.33. The predicted molar refractivity (Wildman–Crippen MR) is 87.0 cm³/mol. The lowest BCUT2D eigenvalue weighted by molar-refractivity contribution is -0.130. The zero-order chi connectivity index (χ0) is 16.6. The molecule has 0 bridgehead atoms. The molecule has 2 saturated heterocycles. The second-order valence-corrected chi connectivity index (χ2v) is 6.94. The number of imide groups is 1. The van der Waals surface area contributed by atoms with Crippen LogP contribution in [0.1, 0.15) is 22.3 Å². The number of nitrogens with zero attached hydrogens (tertiary/aromatic N) is 1. The van der Waals surface area contributed by atoms with Gasteiger partial charge in [0, 0.05) is 5.75 Å². The van der Waals surface area contributed by atoms with Crippen LogP contribution in [0, 0.1) is 6.92 Å². The summed E-state index contributed by atoms with van der Waals surface area (Å²) in [5.41, 5.74) is 0.475. The Hall–Kier alpha value is -2.02. The van der Waals surface area contributed by atoms with Gasteiger partial charge in [0.25, 0.3) is 5.91 Å². The molecule has 2 aliphatic heterocycles. The summed E-state index contributed by atoms with van der Waals surface area (Å²) < 4.78 is 5.20. The molecule has 2 aliphatic rings. The summed E-state index contributed by atoms with van der Waals surface area (Å²) in [5.74, 6) is 1.23. The number of Topliss-reactive ketones (excluding diaryl/α,β-unsaturated/α-hetero) is 1. The molecule has 6 nitrogen and oxygen atoms in total. The Morgan fingerprint density at radius 3 is 2.87 bits per heavy atom. The Labute approximate surface area is 138 Å². The maximum atomic E-state index is 12.6. The molecule has 1 N–H and O–H groups in total. The smallest absolute Gasteiger partial charge is 0.325 e. The first-order valence-electron chi connectivity index (χ1n) is 7.36. The van der Waals surface area contributed by atoms with Gasteiger partial charge in [-0.05, 0) is 31.2 Å².